The SMILES string of the molecule is Cc1ccc(N(C)Cc2cn3c(-c4ccc(C(N)=O)cc4)cnc3cn2)nc1. The monoisotopic (exact) mass is 372 g/mol. The Morgan fingerprint density at radius 2 is 1.82 bits per heavy atom. The van der Waals surface area contributed by atoms with E-state index >= 15 is 0 Å². The predicted octanol–water partition coefficient (Wildman–Crippen LogP) is 2.84. The van der Waals surface area contributed by atoms with Crippen molar-refractivity contribution in [3.8, 4) is 11.3 Å². The average molecular weight is 372 g/mol. The van der Waals surface area contributed by atoms with Crippen molar-refractivity contribution in [2.45, 2.75) is 13.5 Å². The zero-order chi connectivity index (χ0) is 19.7. The van der Waals surface area contributed by atoms with Gasteiger partial charge in [-0.2, -0.15) is 0 Å². The largest absolute Gasteiger partial charge is 0.366 e. The van der Waals surface area contributed by atoms with Crippen molar-refractivity contribution < 1.29 is 4.79 Å². The van der Waals surface area contributed by atoms with E-state index in [1.807, 2.05) is 59.9 Å². The van der Waals surface area contributed by atoms with Crippen LogP contribution in [0.1, 0.15) is 21.6 Å². The number of nitrogens with zero attached hydrogens (tertiary/aromatic N) is 5. The van der Waals surface area contributed by atoms with Gasteiger partial charge in [0.1, 0.15) is 5.82 Å². The molecule has 0 aliphatic rings. The highest BCUT2D eigenvalue weighted by molar-refractivity contribution is 5.93. The van der Waals surface area contributed by atoms with Gasteiger partial charge >= 0.3 is 0 Å². The maximum Gasteiger partial charge on any atom is 0.248 e. The number of carbonyl (C=O) groups is 1. The highest BCUT2D eigenvalue weighted by atomic mass is 16.1. The van der Waals surface area contributed by atoms with E-state index in [1.54, 1.807) is 24.5 Å². The van der Waals surface area contributed by atoms with Crippen LogP contribution in [0.4, 0.5) is 5.82 Å². The Bertz CT molecular complexity index is 1130. The molecule has 28 heavy (non-hydrogen) atoms. The van der Waals surface area contributed by atoms with Gasteiger partial charge in [0.25, 0.3) is 0 Å². The van der Waals surface area contributed by atoms with Gasteiger partial charge in [-0.3, -0.25) is 14.2 Å². The fourth-order valence-electron chi connectivity index (χ4n) is 3.04. The number of aryl methyl sites for hydroxylation is 1. The van der Waals surface area contributed by atoms with Crippen LogP contribution < -0.4 is 10.6 Å². The lowest BCUT2D eigenvalue weighted by atomic mass is 10.1. The van der Waals surface area contributed by atoms with Gasteiger partial charge in [0, 0.05) is 30.6 Å². The molecule has 0 atom stereocenters. The molecule has 4 aromatic rings. The molecule has 1 amide bonds. The van der Waals surface area contributed by atoms with E-state index in [0.717, 1.165) is 34.0 Å². The summed E-state index contributed by atoms with van der Waals surface area (Å²) in [4.78, 5) is 26.7. The van der Waals surface area contributed by atoms with Crippen LogP contribution in [0, 0.1) is 6.92 Å². The fourth-order valence-corrected chi connectivity index (χ4v) is 3.04. The molecule has 3 aromatic heterocycles. The van der Waals surface area contributed by atoms with E-state index in [0.29, 0.717) is 12.1 Å². The number of aromatic nitrogens is 4. The number of imidazole rings is 1. The van der Waals surface area contributed by atoms with Crippen molar-refractivity contribution in [2.24, 2.45) is 5.73 Å². The molecule has 1 aromatic carbocycles. The minimum Gasteiger partial charge on any atom is -0.366 e. The molecule has 2 N–H and O–H groups in total. The normalized spacial score (nSPS) is 10.9. The van der Waals surface area contributed by atoms with Crippen LogP contribution in [0.15, 0.2) is 61.2 Å². The van der Waals surface area contributed by atoms with Gasteiger partial charge in [0.15, 0.2) is 5.65 Å². The molecule has 0 saturated carbocycles. The van der Waals surface area contributed by atoms with Crippen molar-refractivity contribution in [3.63, 3.8) is 0 Å². The lowest BCUT2D eigenvalue weighted by Gasteiger charge is -2.18. The molecule has 7 nitrogen and oxygen atoms in total. The Balaban J connectivity index is 1.64. The first-order valence-corrected chi connectivity index (χ1v) is 8.87. The molecular weight excluding hydrogens is 352 g/mol. The first-order chi connectivity index (χ1) is 13.5. The van der Waals surface area contributed by atoms with Crippen molar-refractivity contribution >= 4 is 17.4 Å². The van der Waals surface area contributed by atoms with Gasteiger partial charge in [-0.15, -0.1) is 0 Å². The van der Waals surface area contributed by atoms with Gasteiger partial charge < -0.3 is 10.6 Å². The molecule has 0 unspecified atom stereocenters. The third-order valence-electron chi connectivity index (χ3n) is 4.60. The summed E-state index contributed by atoms with van der Waals surface area (Å²) >= 11 is 0. The van der Waals surface area contributed by atoms with E-state index in [-0.39, 0.29) is 0 Å². The second-order valence-corrected chi connectivity index (χ2v) is 6.74. The summed E-state index contributed by atoms with van der Waals surface area (Å²) < 4.78 is 2.00. The van der Waals surface area contributed by atoms with Crippen molar-refractivity contribution in [2.75, 3.05) is 11.9 Å². The van der Waals surface area contributed by atoms with E-state index in [9.17, 15) is 4.79 Å². The summed E-state index contributed by atoms with van der Waals surface area (Å²) in [5, 5.41) is 0. The number of rotatable bonds is 5. The minimum atomic E-state index is -0.441. The Kier molecular flexibility index (Phi) is 4.49. The highest BCUT2D eigenvalue weighted by Gasteiger charge is 2.10. The van der Waals surface area contributed by atoms with Crippen LogP contribution in [-0.4, -0.2) is 32.3 Å². The lowest BCUT2D eigenvalue weighted by molar-refractivity contribution is 0.100. The maximum absolute atomic E-state index is 11.3. The van der Waals surface area contributed by atoms with Gasteiger partial charge in [0.2, 0.25) is 5.91 Å². The molecule has 0 saturated heterocycles. The molecule has 0 spiro atoms. The number of pyridine rings is 1. The van der Waals surface area contributed by atoms with Crippen LogP contribution in [0.3, 0.4) is 0 Å². The van der Waals surface area contributed by atoms with E-state index in [2.05, 4.69) is 15.0 Å². The summed E-state index contributed by atoms with van der Waals surface area (Å²) in [6.07, 6.45) is 7.38. The number of hydrogen-bond donors (Lipinski definition) is 1. The second kappa shape index (κ2) is 7.11. The Labute approximate surface area is 162 Å². The summed E-state index contributed by atoms with van der Waals surface area (Å²) in [6.45, 7) is 2.63. The number of amides is 1. The van der Waals surface area contributed by atoms with Crippen molar-refractivity contribution in [1.82, 2.24) is 19.4 Å². The summed E-state index contributed by atoms with van der Waals surface area (Å²) in [6, 6.07) is 11.2. The highest BCUT2D eigenvalue weighted by Crippen LogP contribution is 2.22. The van der Waals surface area contributed by atoms with Crippen molar-refractivity contribution in [3.05, 3.63) is 78.0 Å². The first kappa shape index (κ1) is 17.7. The molecule has 0 bridgehead atoms. The molecule has 3 heterocycles. The summed E-state index contributed by atoms with van der Waals surface area (Å²) in [5.74, 6) is 0.448. The molecule has 4 rings (SSSR count). The summed E-state index contributed by atoms with van der Waals surface area (Å²) in [7, 11) is 1.99. The topological polar surface area (TPSA) is 89.4 Å². The van der Waals surface area contributed by atoms with Gasteiger partial charge in [-0.1, -0.05) is 18.2 Å². The number of primary amides is 1. The van der Waals surface area contributed by atoms with E-state index < -0.39 is 5.91 Å². The maximum atomic E-state index is 11.3. The Morgan fingerprint density at radius 3 is 2.50 bits per heavy atom. The lowest BCUT2D eigenvalue weighted by Crippen LogP contribution is -2.18. The number of anilines is 1. The standard InChI is InChI=1S/C21H20N6O/c1-14-3-8-19(24-9-14)26(2)12-17-13-27-18(10-25-20(27)11-23-17)15-4-6-16(7-5-15)21(22)28/h3-11,13H,12H2,1-2H3,(H2,22,28). The predicted molar refractivity (Wildman–Crippen MR) is 108 cm³/mol. The summed E-state index contributed by atoms with van der Waals surface area (Å²) in [5.41, 5.74) is 10.4. The van der Waals surface area contributed by atoms with Crippen LogP contribution in [0.25, 0.3) is 16.9 Å². The number of benzene rings is 1. The van der Waals surface area contributed by atoms with Crippen LogP contribution in [-0.2, 0) is 6.54 Å². The Hall–Kier alpha value is -3.74. The molecular formula is C21H20N6O. The zero-order valence-corrected chi connectivity index (χ0v) is 15.7. The van der Waals surface area contributed by atoms with Crippen molar-refractivity contribution in [1.29, 1.82) is 0 Å². The van der Waals surface area contributed by atoms with E-state index in [4.69, 9.17) is 5.73 Å². The number of hydrogen-bond acceptors (Lipinski definition) is 5. The fraction of sp³-hybridized carbons (Fsp3) is 0.143. The van der Waals surface area contributed by atoms with Crippen LogP contribution in [0.2, 0.25) is 0 Å². The first-order valence-electron chi connectivity index (χ1n) is 8.87. The van der Waals surface area contributed by atoms with E-state index in [1.165, 1.54) is 0 Å². The smallest absolute Gasteiger partial charge is 0.248 e. The second-order valence-electron chi connectivity index (χ2n) is 6.74. The molecule has 140 valence electrons. The third kappa shape index (κ3) is 3.42. The number of fused-ring (bicyclic) bond motifs is 1. The van der Waals surface area contributed by atoms with Gasteiger partial charge in [-0.05, 0) is 30.7 Å². The quantitative estimate of drug-likeness (QED) is 0.582. The zero-order valence-electron chi connectivity index (χ0n) is 15.7. The molecule has 0 aliphatic heterocycles. The number of nitrogens with two attached hydrogens (primary N) is 1. The van der Waals surface area contributed by atoms with Gasteiger partial charge in [-0.25, -0.2) is 9.97 Å². The number of carbonyl (C=O) groups excluding carboxylic acids is 1. The molecule has 0 radical (unpaired) electrons. The third-order valence-corrected chi connectivity index (χ3v) is 4.60. The Morgan fingerprint density at radius 1 is 1.04 bits per heavy atom. The minimum absolute atomic E-state index is 0.441. The van der Waals surface area contributed by atoms with Crippen LogP contribution in [0.5, 0.6) is 0 Å². The average Bonchev–Trinajstić information content (AvgIpc) is 3.11. The molecule has 7 heteroatoms. The van der Waals surface area contributed by atoms with Crippen LogP contribution >= 0.6 is 0 Å². The molecule has 0 aliphatic carbocycles. The molecule has 0 fully saturated rings. The van der Waals surface area contributed by atoms with Gasteiger partial charge in [0.05, 0.1) is 30.3 Å².